The molecule has 0 unspecified atom stereocenters. The van der Waals surface area contributed by atoms with E-state index >= 15 is 0 Å². The van der Waals surface area contributed by atoms with Crippen molar-refractivity contribution in [2.24, 2.45) is 0 Å². The zero-order valence-electron chi connectivity index (χ0n) is 20.2. The van der Waals surface area contributed by atoms with E-state index in [2.05, 4.69) is 15.0 Å². The highest BCUT2D eigenvalue weighted by Gasteiger charge is 2.49. The van der Waals surface area contributed by atoms with Crippen LogP contribution >= 0.6 is 0 Å². The van der Waals surface area contributed by atoms with Crippen LogP contribution in [0.3, 0.4) is 0 Å². The summed E-state index contributed by atoms with van der Waals surface area (Å²) in [7, 11) is 0. The molecule has 0 aliphatic carbocycles. The summed E-state index contributed by atoms with van der Waals surface area (Å²) in [5.41, 5.74) is -3.55. The minimum atomic E-state index is -5.09. The van der Waals surface area contributed by atoms with E-state index in [0.29, 0.717) is 17.7 Å². The third kappa shape index (κ3) is 5.12. The number of aromatic hydroxyl groups is 1. The molecule has 4 aromatic rings. The number of hydrogen-bond acceptors (Lipinski definition) is 5. The average Bonchev–Trinajstić information content (AvgIpc) is 3.22. The Bertz CT molecular complexity index is 1560. The van der Waals surface area contributed by atoms with Gasteiger partial charge in [0.25, 0.3) is 5.91 Å². The third-order valence-corrected chi connectivity index (χ3v) is 6.25. The second kappa shape index (κ2) is 9.78. The lowest BCUT2D eigenvalue weighted by molar-refractivity contribution is -0.287. The number of benzene rings is 3. The molecule has 1 aliphatic heterocycles. The van der Waals surface area contributed by atoms with Crippen molar-refractivity contribution in [3.05, 3.63) is 119 Å². The van der Waals surface area contributed by atoms with Crippen LogP contribution in [0.1, 0.15) is 32.7 Å². The maximum atomic E-state index is 14.2. The number of ether oxygens (including phenoxy) is 2. The van der Waals surface area contributed by atoms with Gasteiger partial charge in [-0.2, -0.15) is 13.2 Å². The quantitative estimate of drug-likeness (QED) is 0.275. The monoisotopic (exact) mass is 560 g/mol. The normalized spacial score (nSPS) is 15.3. The van der Waals surface area contributed by atoms with Crippen molar-refractivity contribution in [1.29, 1.82) is 0 Å². The zero-order chi connectivity index (χ0) is 28.7. The second-order valence-electron chi connectivity index (χ2n) is 8.92. The number of fused-ring (bicyclic) bond motifs is 1. The lowest BCUT2D eigenvalue weighted by atomic mass is 9.79. The Morgan fingerprint density at radius 1 is 0.925 bits per heavy atom. The zero-order valence-corrected chi connectivity index (χ0v) is 20.2. The highest BCUT2D eigenvalue weighted by Crippen LogP contribution is 2.49. The Morgan fingerprint density at radius 3 is 2.35 bits per heavy atom. The summed E-state index contributed by atoms with van der Waals surface area (Å²) in [6, 6.07) is 16.7. The standard InChI is InChI=1S/C28H18F6N2O4/c29-21-11-9-17(13-20(21)27(30,31)32)25(38)36-26(14-16-5-2-1-3-6-16,23-12-10-18(37)15-35-23)19-7-4-8-22-24(19)40-28(33,34)39-22/h1-13,15,37H,14H2,(H,36,38)/t26-/m0/s1. The molecule has 1 amide bonds. The number of aromatic nitrogens is 1. The highest BCUT2D eigenvalue weighted by molar-refractivity contribution is 5.95. The number of hydrogen-bond donors (Lipinski definition) is 2. The van der Waals surface area contributed by atoms with Gasteiger partial charge in [-0.1, -0.05) is 42.5 Å². The number of rotatable bonds is 6. The largest absolute Gasteiger partial charge is 0.586 e. The molecule has 40 heavy (non-hydrogen) atoms. The molecular weight excluding hydrogens is 542 g/mol. The number of nitrogens with one attached hydrogen (secondary N) is 1. The first-order valence-corrected chi connectivity index (χ1v) is 11.7. The molecule has 3 aromatic carbocycles. The molecule has 1 atom stereocenters. The number of halogens is 6. The van der Waals surface area contributed by atoms with E-state index in [1.807, 2.05) is 0 Å². The van der Waals surface area contributed by atoms with Gasteiger partial charge in [0.15, 0.2) is 11.5 Å². The van der Waals surface area contributed by atoms with Crippen LogP contribution in [0.4, 0.5) is 26.3 Å². The molecular formula is C28H18F6N2O4. The maximum absolute atomic E-state index is 14.2. The van der Waals surface area contributed by atoms with E-state index in [9.17, 15) is 36.2 Å². The van der Waals surface area contributed by atoms with Gasteiger partial charge in [-0.05, 0) is 42.0 Å². The molecule has 0 spiro atoms. The second-order valence-corrected chi connectivity index (χ2v) is 8.92. The van der Waals surface area contributed by atoms with Crippen molar-refractivity contribution in [2.45, 2.75) is 24.4 Å². The third-order valence-electron chi connectivity index (χ3n) is 6.25. The Balaban J connectivity index is 1.73. The van der Waals surface area contributed by atoms with Gasteiger partial charge >= 0.3 is 12.5 Å². The van der Waals surface area contributed by atoms with Gasteiger partial charge in [0.2, 0.25) is 0 Å². The predicted molar refractivity (Wildman–Crippen MR) is 128 cm³/mol. The topological polar surface area (TPSA) is 80.7 Å². The summed E-state index contributed by atoms with van der Waals surface area (Å²) in [5.74, 6) is -3.71. The fourth-order valence-electron chi connectivity index (χ4n) is 4.49. The van der Waals surface area contributed by atoms with Gasteiger partial charge in [0.1, 0.15) is 17.1 Å². The van der Waals surface area contributed by atoms with Gasteiger partial charge in [0.05, 0.1) is 17.5 Å². The molecule has 5 rings (SSSR count). The van der Waals surface area contributed by atoms with Gasteiger partial charge < -0.3 is 19.9 Å². The maximum Gasteiger partial charge on any atom is 0.586 e. The van der Waals surface area contributed by atoms with E-state index in [1.165, 1.54) is 30.3 Å². The lowest BCUT2D eigenvalue weighted by Crippen LogP contribution is -2.49. The van der Waals surface area contributed by atoms with Crippen LogP contribution in [0.5, 0.6) is 17.2 Å². The highest BCUT2D eigenvalue weighted by atomic mass is 19.4. The van der Waals surface area contributed by atoms with Crippen LogP contribution in [-0.2, 0) is 18.1 Å². The average molecular weight is 560 g/mol. The number of para-hydroxylation sites is 1. The number of alkyl halides is 5. The minimum absolute atomic E-state index is 0.0212. The summed E-state index contributed by atoms with van der Waals surface area (Å²) >= 11 is 0. The lowest BCUT2D eigenvalue weighted by Gasteiger charge is -2.36. The van der Waals surface area contributed by atoms with Gasteiger partial charge in [-0.3, -0.25) is 9.78 Å². The Kier molecular flexibility index (Phi) is 6.56. The van der Waals surface area contributed by atoms with E-state index in [-0.39, 0.29) is 29.2 Å². The van der Waals surface area contributed by atoms with E-state index in [0.717, 1.165) is 12.3 Å². The van der Waals surface area contributed by atoms with Crippen molar-refractivity contribution in [3.63, 3.8) is 0 Å². The first kappa shape index (κ1) is 26.9. The van der Waals surface area contributed by atoms with E-state index < -0.39 is 46.6 Å². The number of carbonyl (C=O) groups is 1. The molecule has 0 saturated carbocycles. The van der Waals surface area contributed by atoms with Gasteiger partial charge in [-0.25, -0.2) is 4.39 Å². The summed E-state index contributed by atoms with van der Waals surface area (Å²) in [6.45, 7) is 0. The van der Waals surface area contributed by atoms with Crippen molar-refractivity contribution in [2.75, 3.05) is 0 Å². The summed E-state index contributed by atoms with van der Waals surface area (Å²) in [5, 5.41) is 12.5. The van der Waals surface area contributed by atoms with Crippen molar-refractivity contribution in [1.82, 2.24) is 10.3 Å². The molecule has 0 bridgehead atoms. The summed E-state index contributed by atoms with van der Waals surface area (Å²) in [6.07, 6.45) is -8.23. The van der Waals surface area contributed by atoms with Gasteiger partial charge in [-0.15, -0.1) is 8.78 Å². The fraction of sp³-hybridized carbons (Fsp3) is 0.143. The van der Waals surface area contributed by atoms with Crippen molar-refractivity contribution in [3.8, 4) is 17.2 Å². The van der Waals surface area contributed by atoms with Crippen LogP contribution < -0.4 is 14.8 Å². The number of carbonyl (C=O) groups excluding carboxylic acids is 1. The Hall–Kier alpha value is -4.74. The van der Waals surface area contributed by atoms with Crippen LogP contribution in [-0.4, -0.2) is 22.3 Å². The van der Waals surface area contributed by atoms with Crippen LogP contribution in [0, 0.1) is 5.82 Å². The summed E-state index contributed by atoms with van der Waals surface area (Å²) in [4.78, 5) is 17.8. The molecule has 6 nitrogen and oxygen atoms in total. The van der Waals surface area contributed by atoms with E-state index in [1.54, 1.807) is 30.3 Å². The first-order chi connectivity index (χ1) is 18.9. The number of amides is 1. The van der Waals surface area contributed by atoms with Crippen LogP contribution in [0.25, 0.3) is 0 Å². The molecule has 1 aromatic heterocycles. The minimum Gasteiger partial charge on any atom is -0.506 e. The van der Waals surface area contributed by atoms with Crippen LogP contribution in [0.2, 0.25) is 0 Å². The molecule has 0 radical (unpaired) electrons. The number of pyridine rings is 1. The molecule has 0 saturated heterocycles. The fourth-order valence-corrected chi connectivity index (χ4v) is 4.49. The molecule has 206 valence electrons. The number of nitrogens with zero attached hydrogens (tertiary/aromatic N) is 1. The molecule has 2 heterocycles. The Labute approximate surface area is 222 Å². The van der Waals surface area contributed by atoms with Crippen molar-refractivity contribution < 1.29 is 45.7 Å². The molecule has 1 aliphatic rings. The van der Waals surface area contributed by atoms with E-state index in [4.69, 9.17) is 4.74 Å². The summed E-state index contributed by atoms with van der Waals surface area (Å²) < 4.78 is 91.9. The molecule has 0 fully saturated rings. The predicted octanol–water partition coefficient (Wildman–Crippen LogP) is 6.18. The van der Waals surface area contributed by atoms with Gasteiger partial charge in [0, 0.05) is 17.5 Å². The smallest absolute Gasteiger partial charge is 0.506 e. The molecule has 12 heteroatoms. The first-order valence-electron chi connectivity index (χ1n) is 11.7. The SMILES string of the molecule is O=C(N[C@](Cc1ccccc1)(c1ccc(O)cn1)c1cccc2c1OC(F)(F)O2)c1ccc(F)c(C(F)(F)F)c1. The van der Waals surface area contributed by atoms with Crippen LogP contribution in [0.15, 0.2) is 85.1 Å². The molecule has 2 N–H and O–H groups in total. The van der Waals surface area contributed by atoms with Crippen molar-refractivity contribution >= 4 is 5.91 Å². The Morgan fingerprint density at radius 2 is 1.68 bits per heavy atom.